The van der Waals surface area contributed by atoms with Gasteiger partial charge >= 0.3 is 12.1 Å². The molecular weight excluding hydrogens is 164 g/mol. The Morgan fingerprint density at radius 2 is 2.17 bits per heavy atom. The molecule has 0 fully saturated rings. The number of hydrogen-bond acceptors (Lipinski definition) is 3. The first-order chi connectivity index (χ1) is 5.61. The van der Waals surface area contributed by atoms with Crippen LogP contribution in [-0.2, 0) is 4.79 Å². The highest BCUT2D eigenvalue weighted by Crippen LogP contribution is 1.99. The molecule has 64 valence electrons. The molecule has 6 heteroatoms. The Morgan fingerprint density at radius 3 is 2.67 bits per heavy atom. The fourth-order valence-electron chi connectivity index (χ4n) is 0.713. The molecule has 0 spiro atoms. The molecule has 6 nitrogen and oxygen atoms in total. The summed E-state index contributed by atoms with van der Waals surface area (Å²) in [5.41, 5.74) is -0.181. The number of carboxylic acid groups (broad SMARTS) is 2. The maximum Gasteiger partial charge on any atom is 0.411 e. The van der Waals surface area contributed by atoms with Gasteiger partial charge in [0.05, 0.1) is 6.54 Å². The van der Waals surface area contributed by atoms with Crippen molar-refractivity contribution in [1.82, 2.24) is 4.90 Å². The van der Waals surface area contributed by atoms with Gasteiger partial charge in [0.1, 0.15) is 5.71 Å². The number of amides is 1. The zero-order valence-electron chi connectivity index (χ0n) is 5.97. The highest BCUT2D eigenvalue weighted by Gasteiger charge is 2.19. The third-order valence-corrected chi connectivity index (χ3v) is 1.29. The van der Waals surface area contributed by atoms with E-state index in [9.17, 15) is 9.59 Å². The minimum absolute atomic E-state index is 0.181. The van der Waals surface area contributed by atoms with Crippen molar-refractivity contribution >= 4 is 17.8 Å². The van der Waals surface area contributed by atoms with Gasteiger partial charge in [-0.3, -0.25) is 9.89 Å². The Labute approximate surface area is 67.4 Å². The maximum absolute atomic E-state index is 10.3. The van der Waals surface area contributed by atoms with E-state index in [0.717, 1.165) is 11.1 Å². The van der Waals surface area contributed by atoms with E-state index in [1.54, 1.807) is 0 Å². The molecule has 0 saturated carbocycles. The van der Waals surface area contributed by atoms with Crippen LogP contribution in [0.25, 0.3) is 0 Å². The first kappa shape index (κ1) is 8.25. The Hall–Kier alpha value is -1.85. The molecule has 0 aromatic heterocycles. The zero-order valence-corrected chi connectivity index (χ0v) is 5.97. The summed E-state index contributed by atoms with van der Waals surface area (Å²) in [7, 11) is 0. The van der Waals surface area contributed by atoms with E-state index in [1.165, 1.54) is 6.20 Å². The standard InChI is InChI=1S/C6H6N2O4/c9-5(10)4-3-8(6(11)12)2-1-7-4/h1-2H,3H2,(H,9,10)(H,11,12). The van der Waals surface area contributed by atoms with Crippen LogP contribution in [0, 0.1) is 0 Å². The number of rotatable bonds is 1. The summed E-state index contributed by atoms with van der Waals surface area (Å²) < 4.78 is 0. The molecule has 12 heavy (non-hydrogen) atoms. The quantitative estimate of drug-likeness (QED) is 0.578. The van der Waals surface area contributed by atoms with Crippen LogP contribution in [0.15, 0.2) is 17.4 Å². The van der Waals surface area contributed by atoms with Gasteiger partial charge in [-0.2, -0.15) is 0 Å². The average molecular weight is 170 g/mol. The lowest BCUT2D eigenvalue weighted by Crippen LogP contribution is -2.35. The van der Waals surface area contributed by atoms with Gasteiger partial charge in [-0.05, 0) is 0 Å². The van der Waals surface area contributed by atoms with E-state index in [4.69, 9.17) is 10.2 Å². The van der Waals surface area contributed by atoms with Crippen LogP contribution in [0.2, 0.25) is 0 Å². The largest absolute Gasteiger partial charge is 0.477 e. The number of hydrogen-bond donors (Lipinski definition) is 2. The maximum atomic E-state index is 10.3. The summed E-state index contributed by atoms with van der Waals surface area (Å²) in [6, 6.07) is 0. The lowest BCUT2D eigenvalue weighted by Gasteiger charge is -2.15. The number of aliphatic carboxylic acids is 1. The van der Waals surface area contributed by atoms with Crippen molar-refractivity contribution in [2.24, 2.45) is 4.99 Å². The molecule has 1 aliphatic rings. The summed E-state index contributed by atoms with van der Waals surface area (Å²) >= 11 is 0. The minimum atomic E-state index is -1.20. The Balaban J connectivity index is 2.74. The molecule has 0 unspecified atom stereocenters. The Kier molecular flexibility index (Phi) is 2.09. The third-order valence-electron chi connectivity index (χ3n) is 1.29. The van der Waals surface area contributed by atoms with Gasteiger partial charge in [0, 0.05) is 12.4 Å². The molecule has 0 aromatic carbocycles. The van der Waals surface area contributed by atoms with Crippen LogP contribution in [0.5, 0.6) is 0 Å². The van der Waals surface area contributed by atoms with Crippen LogP contribution in [-0.4, -0.2) is 39.4 Å². The normalized spacial score (nSPS) is 15.7. The second-order valence-corrected chi connectivity index (χ2v) is 2.09. The molecule has 2 N–H and O–H groups in total. The van der Waals surface area contributed by atoms with Crippen molar-refractivity contribution in [1.29, 1.82) is 0 Å². The molecule has 0 aliphatic carbocycles. The Morgan fingerprint density at radius 1 is 1.50 bits per heavy atom. The lowest BCUT2D eigenvalue weighted by atomic mass is 10.3. The molecule has 0 bridgehead atoms. The molecule has 1 rings (SSSR count). The van der Waals surface area contributed by atoms with Gasteiger partial charge in [-0.1, -0.05) is 0 Å². The van der Waals surface area contributed by atoms with Crippen molar-refractivity contribution in [3.63, 3.8) is 0 Å². The molecule has 0 atom stereocenters. The average Bonchev–Trinajstić information content (AvgIpc) is 2.04. The Bertz CT molecular complexity index is 281. The van der Waals surface area contributed by atoms with Crippen LogP contribution in [0.1, 0.15) is 0 Å². The van der Waals surface area contributed by atoms with Crippen molar-refractivity contribution in [3.05, 3.63) is 12.4 Å². The molecule has 0 saturated heterocycles. The summed E-state index contributed by atoms with van der Waals surface area (Å²) in [5.74, 6) is -1.20. The smallest absolute Gasteiger partial charge is 0.411 e. The number of carbonyl (C=O) groups is 2. The predicted octanol–water partition coefficient (Wildman–Crippen LogP) is -0.0232. The number of aliphatic imine (C=N–C) groups is 1. The van der Waals surface area contributed by atoms with Crippen molar-refractivity contribution in [2.75, 3.05) is 6.54 Å². The molecule has 1 amide bonds. The fraction of sp³-hybridized carbons (Fsp3) is 0.167. The highest BCUT2D eigenvalue weighted by molar-refractivity contribution is 6.37. The van der Waals surface area contributed by atoms with Crippen LogP contribution < -0.4 is 0 Å². The molecule has 1 heterocycles. The van der Waals surface area contributed by atoms with E-state index < -0.39 is 12.1 Å². The van der Waals surface area contributed by atoms with Crippen molar-refractivity contribution in [3.8, 4) is 0 Å². The lowest BCUT2D eigenvalue weighted by molar-refractivity contribution is -0.129. The van der Waals surface area contributed by atoms with Gasteiger partial charge < -0.3 is 10.2 Å². The first-order valence-corrected chi connectivity index (χ1v) is 3.07. The number of carboxylic acids is 1. The second kappa shape index (κ2) is 3.04. The van der Waals surface area contributed by atoms with Gasteiger partial charge in [0.15, 0.2) is 0 Å². The SMILES string of the molecule is O=C(O)C1=NC=CN(C(=O)O)C1. The monoisotopic (exact) mass is 170 g/mol. The summed E-state index contributed by atoms with van der Waals surface area (Å²) in [6.07, 6.45) is 1.15. The fourth-order valence-corrected chi connectivity index (χ4v) is 0.713. The molecule has 0 aromatic rings. The van der Waals surface area contributed by atoms with Crippen LogP contribution in [0.3, 0.4) is 0 Å². The molecular formula is C6H6N2O4. The van der Waals surface area contributed by atoms with Crippen LogP contribution in [0.4, 0.5) is 4.79 Å². The van der Waals surface area contributed by atoms with Crippen molar-refractivity contribution < 1.29 is 19.8 Å². The minimum Gasteiger partial charge on any atom is -0.477 e. The van der Waals surface area contributed by atoms with Gasteiger partial charge in [-0.15, -0.1) is 0 Å². The van der Waals surface area contributed by atoms with E-state index >= 15 is 0 Å². The van der Waals surface area contributed by atoms with Gasteiger partial charge in [0.25, 0.3) is 0 Å². The molecule has 0 radical (unpaired) electrons. The van der Waals surface area contributed by atoms with E-state index in [1.807, 2.05) is 0 Å². The zero-order chi connectivity index (χ0) is 9.14. The number of nitrogens with zero attached hydrogens (tertiary/aromatic N) is 2. The van der Waals surface area contributed by atoms with E-state index in [0.29, 0.717) is 0 Å². The van der Waals surface area contributed by atoms with Gasteiger partial charge in [0.2, 0.25) is 0 Å². The summed E-state index contributed by atoms with van der Waals surface area (Å²) in [4.78, 5) is 25.0. The second-order valence-electron chi connectivity index (χ2n) is 2.09. The van der Waals surface area contributed by atoms with E-state index in [-0.39, 0.29) is 12.3 Å². The van der Waals surface area contributed by atoms with E-state index in [2.05, 4.69) is 4.99 Å². The highest BCUT2D eigenvalue weighted by atomic mass is 16.4. The first-order valence-electron chi connectivity index (χ1n) is 3.07. The summed E-state index contributed by atoms with van der Waals surface area (Å²) in [6.45, 7) is -0.207. The van der Waals surface area contributed by atoms with Crippen molar-refractivity contribution in [2.45, 2.75) is 0 Å². The topological polar surface area (TPSA) is 90.2 Å². The predicted molar refractivity (Wildman–Crippen MR) is 38.9 cm³/mol. The molecule has 1 aliphatic heterocycles. The third kappa shape index (κ3) is 1.60. The summed E-state index contributed by atoms with van der Waals surface area (Å²) in [5, 5.41) is 16.9. The van der Waals surface area contributed by atoms with Crippen LogP contribution >= 0.6 is 0 Å². The van der Waals surface area contributed by atoms with Gasteiger partial charge in [-0.25, -0.2) is 9.59 Å².